The summed E-state index contributed by atoms with van der Waals surface area (Å²) in [6.45, 7) is 2.58. The third-order valence-electron chi connectivity index (χ3n) is 4.08. The Morgan fingerprint density at radius 2 is 1.86 bits per heavy atom. The second-order valence-corrected chi connectivity index (χ2v) is 6.20. The topological polar surface area (TPSA) is 75.6 Å². The standard InChI is InChI=1S/C17H31NO4/c1-2-3-4-5-6-7-8-9-10-14(19)13-16(20)18-15-11-12-22-17(15)21/h14-15,19H,2-13H2,1H3,(H,18,20). The zero-order chi connectivity index (χ0) is 16.2. The van der Waals surface area contributed by atoms with Gasteiger partial charge in [-0.3, -0.25) is 4.79 Å². The second kappa shape index (κ2) is 11.5. The summed E-state index contributed by atoms with van der Waals surface area (Å²) < 4.78 is 4.78. The van der Waals surface area contributed by atoms with E-state index in [1.54, 1.807) is 0 Å². The van der Waals surface area contributed by atoms with E-state index in [-0.39, 0.29) is 18.3 Å². The van der Waals surface area contributed by atoms with Gasteiger partial charge < -0.3 is 15.2 Å². The molecular formula is C17H31NO4. The highest BCUT2D eigenvalue weighted by Gasteiger charge is 2.28. The van der Waals surface area contributed by atoms with Crippen LogP contribution in [0.25, 0.3) is 0 Å². The van der Waals surface area contributed by atoms with Crippen molar-refractivity contribution in [3.8, 4) is 0 Å². The van der Waals surface area contributed by atoms with Gasteiger partial charge in [-0.25, -0.2) is 4.79 Å². The van der Waals surface area contributed by atoms with Crippen LogP contribution in [0.15, 0.2) is 0 Å². The fraction of sp³-hybridized carbons (Fsp3) is 0.882. The van der Waals surface area contributed by atoms with Gasteiger partial charge >= 0.3 is 5.97 Å². The molecule has 0 aromatic heterocycles. The van der Waals surface area contributed by atoms with Crippen molar-refractivity contribution in [2.45, 2.75) is 89.7 Å². The molecule has 1 amide bonds. The fourth-order valence-corrected chi connectivity index (χ4v) is 2.71. The molecule has 1 rings (SSSR count). The van der Waals surface area contributed by atoms with E-state index in [1.807, 2.05) is 0 Å². The number of hydrogen-bond acceptors (Lipinski definition) is 4. The molecule has 0 aliphatic carbocycles. The molecule has 1 heterocycles. The number of aliphatic hydroxyl groups excluding tert-OH is 1. The third kappa shape index (κ3) is 8.37. The van der Waals surface area contributed by atoms with Gasteiger partial charge in [-0.05, 0) is 6.42 Å². The Hall–Kier alpha value is -1.10. The number of nitrogens with one attached hydrogen (secondary N) is 1. The first-order valence-electron chi connectivity index (χ1n) is 8.77. The van der Waals surface area contributed by atoms with E-state index in [2.05, 4.69) is 12.2 Å². The molecule has 2 N–H and O–H groups in total. The maximum Gasteiger partial charge on any atom is 0.328 e. The summed E-state index contributed by atoms with van der Waals surface area (Å²) in [6.07, 6.45) is 10.4. The van der Waals surface area contributed by atoms with Gasteiger partial charge in [0.1, 0.15) is 6.04 Å². The molecule has 5 heteroatoms. The van der Waals surface area contributed by atoms with E-state index in [0.717, 1.165) is 12.8 Å². The lowest BCUT2D eigenvalue weighted by molar-refractivity contribution is -0.141. The Kier molecular flexibility index (Phi) is 9.87. The van der Waals surface area contributed by atoms with Crippen molar-refractivity contribution in [3.05, 3.63) is 0 Å². The lowest BCUT2D eigenvalue weighted by Crippen LogP contribution is -2.39. The molecule has 22 heavy (non-hydrogen) atoms. The molecule has 1 saturated heterocycles. The Morgan fingerprint density at radius 1 is 1.23 bits per heavy atom. The van der Waals surface area contributed by atoms with Crippen LogP contribution in [-0.2, 0) is 14.3 Å². The summed E-state index contributed by atoms with van der Waals surface area (Å²) in [4.78, 5) is 22.9. The normalized spacial score (nSPS) is 19.0. The van der Waals surface area contributed by atoms with E-state index in [4.69, 9.17) is 4.74 Å². The largest absolute Gasteiger partial charge is 0.464 e. The number of aliphatic hydroxyl groups is 1. The highest BCUT2D eigenvalue weighted by Crippen LogP contribution is 2.12. The van der Waals surface area contributed by atoms with Gasteiger partial charge in [0.05, 0.1) is 19.1 Å². The third-order valence-corrected chi connectivity index (χ3v) is 4.08. The van der Waals surface area contributed by atoms with Gasteiger partial charge in [-0.1, -0.05) is 58.3 Å². The molecular weight excluding hydrogens is 282 g/mol. The average Bonchev–Trinajstić information content (AvgIpc) is 2.87. The molecule has 0 bridgehead atoms. The van der Waals surface area contributed by atoms with Gasteiger partial charge in [0.25, 0.3) is 0 Å². The predicted octanol–water partition coefficient (Wildman–Crippen LogP) is 2.70. The fourth-order valence-electron chi connectivity index (χ4n) is 2.71. The van der Waals surface area contributed by atoms with E-state index in [0.29, 0.717) is 19.4 Å². The van der Waals surface area contributed by atoms with Crippen LogP contribution < -0.4 is 5.32 Å². The summed E-state index contributed by atoms with van der Waals surface area (Å²) in [5.41, 5.74) is 0. The van der Waals surface area contributed by atoms with Crippen LogP contribution in [0.4, 0.5) is 0 Å². The lowest BCUT2D eigenvalue weighted by Gasteiger charge is -2.12. The maximum absolute atomic E-state index is 11.7. The van der Waals surface area contributed by atoms with Crippen LogP contribution in [-0.4, -0.2) is 35.7 Å². The minimum atomic E-state index is -0.613. The number of carbonyl (C=O) groups is 2. The van der Waals surface area contributed by atoms with Gasteiger partial charge in [-0.2, -0.15) is 0 Å². The minimum absolute atomic E-state index is 0.0697. The summed E-state index contributed by atoms with van der Waals surface area (Å²) >= 11 is 0. The van der Waals surface area contributed by atoms with E-state index in [9.17, 15) is 14.7 Å². The summed E-state index contributed by atoms with van der Waals surface area (Å²) in [7, 11) is 0. The Bertz CT molecular complexity index is 333. The zero-order valence-electron chi connectivity index (χ0n) is 13.8. The van der Waals surface area contributed by atoms with Crippen LogP contribution >= 0.6 is 0 Å². The van der Waals surface area contributed by atoms with E-state index < -0.39 is 12.1 Å². The van der Waals surface area contributed by atoms with Gasteiger partial charge in [0.15, 0.2) is 0 Å². The zero-order valence-corrected chi connectivity index (χ0v) is 13.8. The highest BCUT2D eigenvalue weighted by atomic mass is 16.5. The summed E-state index contributed by atoms with van der Waals surface area (Å²) in [5.74, 6) is -0.637. The first-order chi connectivity index (χ1) is 10.6. The first-order valence-corrected chi connectivity index (χ1v) is 8.77. The van der Waals surface area contributed by atoms with Crippen molar-refractivity contribution in [2.24, 2.45) is 0 Å². The van der Waals surface area contributed by atoms with Crippen molar-refractivity contribution in [2.75, 3.05) is 6.61 Å². The molecule has 0 aromatic carbocycles. The van der Waals surface area contributed by atoms with Crippen LogP contribution in [0.5, 0.6) is 0 Å². The number of esters is 1. The van der Waals surface area contributed by atoms with Crippen LogP contribution in [0, 0.1) is 0 Å². The predicted molar refractivity (Wildman–Crippen MR) is 85.4 cm³/mol. The molecule has 2 atom stereocenters. The van der Waals surface area contributed by atoms with E-state index in [1.165, 1.54) is 38.5 Å². The molecule has 0 spiro atoms. The number of rotatable bonds is 12. The maximum atomic E-state index is 11.7. The molecule has 1 aliphatic heterocycles. The Balaban J connectivity index is 1.97. The SMILES string of the molecule is CCCCCCCCCCC(O)CC(=O)NC1CCOC1=O. The van der Waals surface area contributed by atoms with Crippen molar-refractivity contribution in [1.29, 1.82) is 0 Å². The van der Waals surface area contributed by atoms with Crippen LogP contribution in [0.2, 0.25) is 0 Å². The van der Waals surface area contributed by atoms with Crippen LogP contribution in [0.3, 0.4) is 0 Å². The van der Waals surface area contributed by atoms with Crippen LogP contribution in [0.1, 0.15) is 77.6 Å². The molecule has 5 nitrogen and oxygen atoms in total. The van der Waals surface area contributed by atoms with Gasteiger partial charge in [-0.15, -0.1) is 0 Å². The number of hydrogen-bond donors (Lipinski definition) is 2. The van der Waals surface area contributed by atoms with Crippen molar-refractivity contribution >= 4 is 11.9 Å². The summed E-state index contributed by atoms with van der Waals surface area (Å²) in [6, 6.07) is -0.525. The minimum Gasteiger partial charge on any atom is -0.464 e. The van der Waals surface area contributed by atoms with Gasteiger partial charge in [0, 0.05) is 6.42 Å². The highest BCUT2D eigenvalue weighted by molar-refractivity contribution is 5.85. The van der Waals surface area contributed by atoms with Crippen molar-refractivity contribution in [1.82, 2.24) is 5.32 Å². The summed E-state index contributed by atoms with van der Waals surface area (Å²) in [5, 5.41) is 12.5. The lowest BCUT2D eigenvalue weighted by atomic mass is 10.0. The molecule has 0 radical (unpaired) electrons. The average molecular weight is 313 g/mol. The second-order valence-electron chi connectivity index (χ2n) is 6.20. The smallest absolute Gasteiger partial charge is 0.328 e. The quantitative estimate of drug-likeness (QED) is 0.429. The number of cyclic esters (lactones) is 1. The molecule has 128 valence electrons. The van der Waals surface area contributed by atoms with Crippen molar-refractivity contribution < 1.29 is 19.4 Å². The molecule has 1 fully saturated rings. The van der Waals surface area contributed by atoms with Gasteiger partial charge in [0.2, 0.25) is 5.91 Å². The van der Waals surface area contributed by atoms with E-state index >= 15 is 0 Å². The Morgan fingerprint density at radius 3 is 2.45 bits per heavy atom. The Labute approximate surface area is 133 Å². The molecule has 1 aliphatic rings. The number of unbranched alkanes of at least 4 members (excludes halogenated alkanes) is 7. The monoisotopic (exact) mass is 313 g/mol. The molecule has 0 aromatic rings. The number of amides is 1. The first kappa shape index (κ1) is 18.9. The number of ether oxygens (including phenoxy) is 1. The molecule has 2 unspecified atom stereocenters. The van der Waals surface area contributed by atoms with Crippen molar-refractivity contribution in [3.63, 3.8) is 0 Å². The molecule has 0 saturated carbocycles. The number of carbonyl (C=O) groups excluding carboxylic acids is 2.